The van der Waals surface area contributed by atoms with Crippen LogP contribution in [-0.2, 0) is 0 Å². The molecule has 1 aliphatic carbocycles. The molecule has 2 aliphatic rings. The first-order valence-electron chi connectivity index (χ1n) is 7.62. The zero-order valence-corrected chi connectivity index (χ0v) is 13.5. The average molecular weight is 355 g/mol. The molecule has 1 aliphatic heterocycles. The van der Waals surface area contributed by atoms with Gasteiger partial charge < -0.3 is 10.2 Å². The van der Waals surface area contributed by atoms with Crippen molar-refractivity contribution in [3.8, 4) is 0 Å². The molecule has 1 amide bonds. The van der Waals surface area contributed by atoms with Crippen LogP contribution in [0.5, 0.6) is 0 Å². The van der Waals surface area contributed by atoms with Crippen LogP contribution in [0, 0.1) is 11.7 Å². The zero-order valence-electron chi connectivity index (χ0n) is 11.9. The minimum absolute atomic E-state index is 0.0468. The molecule has 0 aromatic heterocycles. The third-order valence-corrected chi connectivity index (χ3v) is 5.09. The molecule has 0 spiro atoms. The molecule has 2 fully saturated rings. The summed E-state index contributed by atoms with van der Waals surface area (Å²) in [5.41, 5.74) is 0.436. The molecule has 1 aromatic carbocycles. The molecule has 1 unspecified atom stereocenters. The van der Waals surface area contributed by atoms with E-state index in [1.165, 1.54) is 12.5 Å². The molecule has 1 atom stereocenters. The summed E-state index contributed by atoms with van der Waals surface area (Å²) in [6.07, 6.45) is 4.46. The molecule has 1 saturated carbocycles. The maximum Gasteiger partial charge on any atom is 0.255 e. The quantitative estimate of drug-likeness (QED) is 0.900. The van der Waals surface area contributed by atoms with Gasteiger partial charge in [0.1, 0.15) is 5.82 Å². The van der Waals surface area contributed by atoms with Crippen molar-refractivity contribution in [3.63, 3.8) is 0 Å². The highest BCUT2D eigenvalue weighted by Gasteiger charge is 2.35. The molecule has 114 valence electrons. The lowest BCUT2D eigenvalue weighted by Crippen LogP contribution is -2.42. The summed E-state index contributed by atoms with van der Waals surface area (Å²) in [5, 5.41) is 3.39. The second-order valence-electron chi connectivity index (χ2n) is 6.00. The molecule has 0 radical (unpaired) electrons. The smallest absolute Gasteiger partial charge is 0.255 e. The van der Waals surface area contributed by atoms with Crippen molar-refractivity contribution in [1.29, 1.82) is 0 Å². The van der Waals surface area contributed by atoms with Crippen molar-refractivity contribution >= 4 is 21.8 Å². The summed E-state index contributed by atoms with van der Waals surface area (Å²) in [6.45, 7) is 2.82. The molecule has 3 nitrogen and oxygen atoms in total. The maximum absolute atomic E-state index is 13.7. The van der Waals surface area contributed by atoms with E-state index in [-0.39, 0.29) is 16.2 Å². The predicted octanol–water partition coefficient (Wildman–Crippen LogP) is 3.19. The average Bonchev–Trinajstić information content (AvgIpc) is 3.33. The predicted molar refractivity (Wildman–Crippen MR) is 83.8 cm³/mol. The number of hydrogen-bond acceptors (Lipinski definition) is 2. The highest BCUT2D eigenvalue weighted by molar-refractivity contribution is 9.10. The van der Waals surface area contributed by atoms with E-state index in [1.807, 2.05) is 4.90 Å². The Labute approximate surface area is 133 Å². The highest BCUT2D eigenvalue weighted by atomic mass is 79.9. The topological polar surface area (TPSA) is 32.3 Å². The van der Waals surface area contributed by atoms with E-state index in [0.29, 0.717) is 17.5 Å². The van der Waals surface area contributed by atoms with Crippen molar-refractivity contribution in [2.75, 3.05) is 19.6 Å². The largest absolute Gasteiger partial charge is 0.335 e. The van der Waals surface area contributed by atoms with Crippen molar-refractivity contribution in [1.82, 2.24) is 10.2 Å². The van der Waals surface area contributed by atoms with Gasteiger partial charge in [-0.05, 0) is 72.8 Å². The normalized spacial score (nSPS) is 22.1. The van der Waals surface area contributed by atoms with Gasteiger partial charge in [-0.2, -0.15) is 0 Å². The first-order chi connectivity index (χ1) is 10.2. The van der Waals surface area contributed by atoms with Crippen LogP contribution >= 0.6 is 15.9 Å². The number of benzene rings is 1. The van der Waals surface area contributed by atoms with E-state index in [1.54, 1.807) is 12.1 Å². The number of nitrogens with one attached hydrogen (secondary N) is 1. The van der Waals surface area contributed by atoms with Gasteiger partial charge in [0.25, 0.3) is 5.91 Å². The Balaban J connectivity index is 1.76. The second kappa shape index (κ2) is 6.44. The van der Waals surface area contributed by atoms with Crippen molar-refractivity contribution < 1.29 is 9.18 Å². The van der Waals surface area contributed by atoms with E-state index < -0.39 is 0 Å². The van der Waals surface area contributed by atoms with Crippen LogP contribution in [0.2, 0.25) is 0 Å². The molecule has 3 rings (SSSR count). The third kappa shape index (κ3) is 3.46. The van der Waals surface area contributed by atoms with E-state index in [4.69, 9.17) is 0 Å². The Hall–Kier alpha value is -0.940. The van der Waals surface area contributed by atoms with Gasteiger partial charge in [0, 0.05) is 12.6 Å². The molecule has 0 bridgehead atoms. The molecule has 1 N–H and O–H groups in total. The van der Waals surface area contributed by atoms with Crippen LogP contribution < -0.4 is 5.32 Å². The van der Waals surface area contributed by atoms with Gasteiger partial charge in [-0.3, -0.25) is 4.79 Å². The van der Waals surface area contributed by atoms with Gasteiger partial charge in [-0.15, -0.1) is 0 Å². The van der Waals surface area contributed by atoms with Gasteiger partial charge >= 0.3 is 0 Å². The fourth-order valence-corrected chi connectivity index (χ4v) is 3.40. The van der Waals surface area contributed by atoms with Crippen LogP contribution in [0.4, 0.5) is 4.39 Å². The molecule has 1 saturated heterocycles. The fraction of sp³-hybridized carbons (Fsp3) is 0.562. The number of rotatable bonds is 4. The molecule has 1 aromatic rings. The van der Waals surface area contributed by atoms with E-state index in [2.05, 4.69) is 21.2 Å². The Morgan fingerprint density at radius 3 is 2.86 bits per heavy atom. The monoisotopic (exact) mass is 354 g/mol. The lowest BCUT2D eigenvalue weighted by atomic mass is 9.98. The Kier molecular flexibility index (Phi) is 4.60. The lowest BCUT2D eigenvalue weighted by molar-refractivity contribution is 0.0702. The van der Waals surface area contributed by atoms with E-state index in [9.17, 15) is 9.18 Å². The number of hydrogen-bond donors (Lipinski definition) is 1. The number of carbonyl (C=O) groups is 1. The van der Waals surface area contributed by atoms with Crippen LogP contribution in [0.15, 0.2) is 22.7 Å². The van der Waals surface area contributed by atoms with Gasteiger partial charge in [-0.25, -0.2) is 4.39 Å². The summed E-state index contributed by atoms with van der Waals surface area (Å²) in [4.78, 5) is 14.7. The SMILES string of the molecule is O=C(c1cccc(F)c1Br)N(CC1CCCNC1)C1CC1. The number of halogens is 2. The molecule has 21 heavy (non-hydrogen) atoms. The summed E-state index contributed by atoms with van der Waals surface area (Å²) in [7, 11) is 0. The summed E-state index contributed by atoms with van der Waals surface area (Å²) >= 11 is 3.21. The number of nitrogens with zero attached hydrogens (tertiary/aromatic N) is 1. The Morgan fingerprint density at radius 1 is 1.38 bits per heavy atom. The van der Waals surface area contributed by atoms with Crippen molar-refractivity contribution in [2.45, 2.75) is 31.7 Å². The second-order valence-corrected chi connectivity index (χ2v) is 6.80. The van der Waals surface area contributed by atoms with Gasteiger partial charge in [-0.1, -0.05) is 6.07 Å². The standard InChI is InChI=1S/C16H20BrFN2O/c17-15-13(4-1-5-14(15)18)16(21)20(12-6-7-12)10-11-3-2-8-19-9-11/h1,4-5,11-12,19H,2-3,6-10H2. The van der Waals surface area contributed by atoms with Crippen molar-refractivity contribution in [2.24, 2.45) is 5.92 Å². The number of amides is 1. The molecule has 5 heteroatoms. The summed E-state index contributed by atoms with van der Waals surface area (Å²) in [6, 6.07) is 5.01. The molecular weight excluding hydrogens is 335 g/mol. The van der Waals surface area contributed by atoms with Crippen molar-refractivity contribution in [3.05, 3.63) is 34.1 Å². The van der Waals surface area contributed by atoms with Crippen LogP contribution in [0.25, 0.3) is 0 Å². The lowest BCUT2D eigenvalue weighted by Gasteiger charge is -2.30. The Bertz CT molecular complexity index is 527. The minimum atomic E-state index is -0.379. The van der Waals surface area contributed by atoms with Gasteiger partial charge in [0.2, 0.25) is 0 Å². The van der Waals surface area contributed by atoms with Crippen LogP contribution in [-0.4, -0.2) is 36.5 Å². The minimum Gasteiger partial charge on any atom is -0.335 e. The Morgan fingerprint density at radius 2 is 2.19 bits per heavy atom. The van der Waals surface area contributed by atoms with E-state index in [0.717, 1.165) is 38.9 Å². The summed E-state index contributed by atoms with van der Waals surface area (Å²) in [5.74, 6) is 0.0843. The third-order valence-electron chi connectivity index (χ3n) is 4.28. The molecular formula is C16H20BrFN2O. The first kappa shape index (κ1) is 15.0. The summed E-state index contributed by atoms with van der Waals surface area (Å²) < 4.78 is 13.9. The molecule has 1 heterocycles. The van der Waals surface area contributed by atoms with Gasteiger partial charge in [0.15, 0.2) is 0 Å². The zero-order chi connectivity index (χ0) is 14.8. The highest BCUT2D eigenvalue weighted by Crippen LogP contribution is 2.31. The van der Waals surface area contributed by atoms with Crippen LogP contribution in [0.1, 0.15) is 36.0 Å². The maximum atomic E-state index is 13.7. The van der Waals surface area contributed by atoms with E-state index >= 15 is 0 Å². The fourth-order valence-electron chi connectivity index (χ4n) is 2.97. The number of carbonyl (C=O) groups excluding carboxylic acids is 1. The van der Waals surface area contributed by atoms with Gasteiger partial charge in [0.05, 0.1) is 10.0 Å². The number of piperidine rings is 1. The first-order valence-corrected chi connectivity index (χ1v) is 8.42. The van der Waals surface area contributed by atoms with Crippen LogP contribution in [0.3, 0.4) is 0 Å².